The first-order valence-corrected chi connectivity index (χ1v) is 10.4. The summed E-state index contributed by atoms with van der Waals surface area (Å²) in [5.41, 5.74) is 2.38. The second kappa shape index (κ2) is 10.6. The summed E-state index contributed by atoms with van der Waals surface area (Å²) in [4.78, 5) is 19.1. The molecule has 3 rings (SSSR count). The zero-order valence-corrected chi connectivity index (χ0v) is 17.4. The van der Waals surface area contributed by atoms with Crippen LogP contribution < -0.4 is 5.32 Å². The van der Waals surface area contributed by atoms with Crippen molar-refractivity contribution in [2.45, 2.75) is 39.8 Å². The van der Waals surface area contributed by atoms with Gasteiger partial charge < -0.3 is 15.0 Å². The van der Waals surface area contributed by atoms with Gasteiger partial charge in [-0.1, -0.05) is 24.3 Å². The highest BCUT2D eigenvalue weighted by Crippen LogP contribution is 2.19. The molecule has 1 aliphatic heterocycles. The molecular weight excluding hydrogens is 366 g/mol. The van der Waals surface area contributed by atoms with Crippen molar-refractivity contribution in [1.82, 2.24) is 20.0 Å². The molecule has 0 radical (unpaired) electrons. The quantitative estimate of drug-likeness (QED) is 0.442. The smallest absolute Gasteiger partial charge is 0.309 e. The first kappa shape index (κ1) is 20.9. The van der Waals surface area contributed by atoms with E-state index in [4.69, 9.17) is 9.73 Å². The number of benzene rings is 1. The molecule has 7 nitrogen and oxygen atoms in total. The van der Waals surface area contributed by atoms with Crippen LogP contribution in [0.2, 0.25) is 0 Å². The molecule has 0 bridgehead atoms. The van der Waals surface area contributed by atoms with Gasteiger partial charge in [0.15, 0.2) is 5.96 Å². The predicted molar refractivity (Wildman–Crippen MR) is 114 cm³/mol. The SMILES string of the molecule is CCNC(=NCc1cccc(Cn2cccn2)c1)N1CCC(C(=O)OCC)CC1. The Morgan fingerprint density at radius 2 is 2.03 bits per heavy atom. The fourth-order valence-electron chi connectivity index (χ4n) is 3.59. The van der Waals surface area contributed by atoms with Crippen molar-refractivity contribution in [2.24, 2.45) is 10.9 Å². The van der Waals surface area contributed by atoms with Crippen molar-refractivity contribution >= 4 is 11.9 Å². The number of carbonyl (C=O) groups is 1. The molecule has 2 aromatic rings. The lowest BCUT2D eigenvalue weighted by Gasteiger charge is -2.33. The third-order valence-corrected chi connectivity index (χ3v) is 5.06. The highest BCUT2D eigenvalue weighted by Gasteiger charge is 2.27. The van der Waals surface area contributed by atoms with Gasteiger partial charge in [0.1, 0.15) is 0 Å². The number of hydrogen-bond acceptors (Lipinski definition) is 4. The van der Waals surface area contributed by atoms with Crippen LogP contribution in [0.15, 0.2) is 47.7 Å². The number of aromatic nitrogens is 2. The Kier molecular flexibility index (Phi) is 7.67. The fourth-order valence-corrected chi connectivity index (χ4v) is 3.59. The molecule has 0 atom stereocenters. The molecule has 7 heteroatoms. The number of ether oxygens (including phenoxy) is 1. The number of rotatable bonds is 7. The normalized spacial score (nSPS) is 15.4. The van der Waals surface area contributed by atoms with E-state index >= 15 is 0 Å². The Hall–Kier alpha value is -2.83. The van der Waals surface area contributed by atoms with Crippen LogP contribution in [0.5, 0.6) is 0 Å². The minimum absolute atomic E-state index is 0.00746. The van der Waals surface area contributed by atoms with Gasteiger partial charge in [0, 0.05) is 32.0 Å². The van der Waals surface area contributed by atoms with Gasteiger partial charge in [0.25, 0.3) is 0 Å². The number of guanidine groups is 1. The van der Waals surface area contributed by atoms with Gasteiger partial charge in [-0.2, -0.15) is 5.10 Å². The zero-order valence-electron chi connectivity index (χ0n) is 17.4. The molecule has 0 aliphatic carbocycles. The summed E-state index contributed by atoms with van der Waals surface area (Å²) < 4.78 is 7.09. The molecule has 1 aliphatic rings. The molecule has 156 valence electrons. The largest absolute Gasteiger partial charge is 0.466 e. The lowest BCUT2D eigenvalue weighted by molar-refractivity contribution is -0.149. The topological polar surface area (TPSA) is 71.8 Å². The second-order valence-electron chi connectivity index (χ2n) is 7.21. The monoisotopic (exact) mass is 397 g/mol. The lowest BCUT2D eigenvalue weighted by Crippen LogP contribution is -2.46. The molecule has 1 saturated heterocycles. The third-order valence-electron chi connectivity index (χ3n) is 5.06. The average Bonchev–Trinajstić information content (AvgIpc) is 3.25. The number of likely N-dealkylation sites (tertiary alicyclic amines) is 1. The Bertz CT molecular complexity index is 795. The molecule has 1 fully saturated rings. The average molecular weight is 398 g/mol. The maximum atomic E-state index is 12.0. The first-order valence-electron chi connectivity index (χ1n) is 10.4. The standard InChI is InChI=1S/C22H31N5O2/c1-3-23-22(26-13-9-20(10-14-26)21(28)29-4-2)24-16-18-7-5-8-19(15-18)17-27-12-6-11-25-27/h5-8,11-12,15,20H,3-4,9-10,13-14,16-17H2,1-2H3,(H,23,24). The Labute approximate surface area is 172 Å². The number of hydrogen-bond donors (Lipinski definition) is 1. The van der Waals surface area contributed by atoms with Crippen molar-refractivity contribution in [3.63, 3.8) is 0 Å². The summed E-state index contributed by atoms with van der Waals surface area (Å²) in [6.07, 6.45) is 5.38. The third kappa shape index (κ3) is 6.07. The van der Waals surface area contributed by atoms with Crippen LogP contribution in [0.4, 0.5) is 0 Å². The summed E-state index contributed by atoms with van der Waals surface area (Å²) in [5.74, 6) is 0.850. The van der Waals surface area contributed by atoms with E-state index in [-0.39, 0.29) is 11.9 Å². The number of esters is 1. The number of nitrogens with one attached hydrogen (secondary N) is 1. The van der Waals surface area contributed by atoms with Crippen LogP contribution in [0.3, 0.4) is 0 Å². The van der Waals surface area contributed by atoms with Crippen LogP contribution in [-0.2, 0) is 22.6 Å². The number of piperidine rings is 1. The molecule has 1 N–H and O–H groups in total. The van der Waals surface area contributed by atoms with Crippen molar-refractivity contribution in [3.05, 3.63) is 53.9 Å². The Morgan fingerprint density at radius 1 is 1.24 bits per heavy atom. The predicted octanol–water partition coefficient (Wildman–Crippen LogP) is 2.67. The lowest BCUT2D eigenvalue weighted by atomic mass is 9.97. The number of carbonyl (C=O) groups excluding carboxylic acids is 1. The first-order chi connectivity index (χ1) is 14.2. The van der Waals surface area contributed by atoms with E-state index in [2.05, 4.69) is 46.5 Å². The van der Waals surface area contributed by atoms with Crippen LogP contribution in [0.1, 0.15) is 37.8 Å². The van der Waals surface area contributed by atoms with Crippen molar-refractivity contribution in [1.29, 1.82) is 0 Å². The second-order valence-corrected chi connectivity index (χ2v) is 7.21. The minimum atomic E-state index is -0.0666. The van der Waals surface area contributed by atoms with Crippen molar-refractivity contribution < 1.29 is 9.53 Å². The summed E-state index contributed by atoms with van der Waals surface area (Å²) in [7, 11) is 0. The molecule has 1 aromatic carbocycles. The van der Waals surface area contributed by atoms with E-state index in [9.17, 15) is 4.79 Å². The van der Waals surface area contributed by atoms with E-state index in [1.165, 1.54) is 11.1 Å². The molecule has 0 saturated carbocycles. The van der Waals surface area contributed by atoms with Gasteiger partial charge in [0.2, 0.25) is 0 Å². The molecule has 0 amide bonds. The molecule has 1 aromatic heterocycles. The fraction of sp³-hybridized carbons (Fsp3) is 0.500. The van der Waals surface area contributed by atoms with E-state index < -0.39 is 0 Å². The highest BCUT2D eigenvalue weighted by atomic mass is 16.5. The summed E-state index contributed by atoms with van der Waals surface area (Å²) in [6, 6.07) is 10.4. The van der Waals surface area contributed by atoms with E-state index in [1.54, 1.807) is 6.20 Å². The summed E-state index contributed by atoms with van der Waals surface area (Å²) >= 11 is 0. The van der Waals surface area contributed by atoms with Crippen LogP contribution in [0.25, 0.3) is 0 Å². The van der Waals surface area contributed by atoms with Crippen LogP contribution >= 0.6 is 0 Å². The van der Waals surface area contributed by atoms with Gasteiger partial charge in [-0.05, 0) is 43.9 Å². The maximum absolute atomic E-state index is 12.0. The maximum Gasteiger partial charge on any atom is 0.309 e. The van der Waals surface area contributed by atoms with Gasteiger partial charge in [-0.3, -0.25) is 9.48 Å². The molecule has 29 heavy (non-hydrogen) atoms. The Morgan fingerprint density at radius 3 is 2.72 bits per heavy atom. The van der Waals surface area contributed by atoms with E-state index in [1.807, 2.05) is 23.9 Å². The van der Waals surface area contributed by atoms with E-state index in [0.29, 0.717) is 13.2 Å². The van der Waals surface area contributed by atoms with E-state index in [0.717, 1.165) is 45.0 Å². The summed E-state index contributed by atoms with van der Waals surface area (Å²) in [5, 5.41) is 7.66. The van der Waals surface area contributed by atoms with Crippen LogP contribution in [-0.4, -0.2) is 52.9 Å². The molecular formula is C22H31N5O2. The van der Waals surface area contributed by atoms with Crippen LogP contribution in [0, 0.1) is 5.92 Å². The molecule has 2 heterocycles. The molecule has 0 unspecified atom stereocenters. The van der Waals surface area contributed by atoms with Crippen molar-refractivity contribution in [3.8, 4) is 0 Å². The zero-order chi connectivity index (χ0) is 20.5. The minimum Gasteiger partial charge on any atom is -0.466 e. The van der Waals surface area contributed by atoms with Gasteiger partial charge in [-0.25, -0.2) is 4.99 Å². The Balaban J connectivity index is 1.60. The summed E-state index contributed by atoms with van der Waals surface area (Å²) in [6.45, 7) is 8.19. The van der Waals surface area contributed by atoms with Crippen molar-refractivity contribution in [2.75, 3.05) is 26.2 Å². The number of aliphatic imine (C=N–C) groups is 1. The number of nitrogens with zero attached hydrogens (tertiary/aromatic N) is 4. The highest BCUT2D eigenvalue weighted by molar-refractivity contribution is 5.80. The van der Waals surface area contributed by atoms with Gasteiger partial charge in [-0.15, -0.1) is 0 Å². The van der Waals surface area contributed by atoms with Gasteiger partial charge >= 0.3 is 5.97 Å². The van der Waals surface area contributed by atoms with Gasteiger partial charge in [0.05, 0.1) is 25.6 Å². The molecule has 0 spiro atoms.